The van der Waals surface area contributed by atoms with E-state index in [4.69, 9.17) is 16.1 Å². The summed E-state index contributed by atoms with van der Waals surface area (Å²) in [7, 11) is 0. The van der Waals surface area contributed by atoms with Crippen LogP contribution in [0, 0.1) is 0 Å². The molecule has 2 N–H and O–H groups in total. The highest BCUT2D eigenvalue weighted by Crippen LogP contribution is 2.26. The molecule has 1 amide bonds. The number of nitrogens with one attached hydrogen (secondary N) is 2. The number of hydrogen-bond acceptors (Lipinski definition) is 5. The summed E-state index contributed by atoms with van der Waals surface area (Å²) in [5.74, 6) is 1.14. The van der Waals surface area contributed by atoms with Crippen LogP contribution in [0.15, 0.2) is 59.4 Å². The van der Waals surface area contributed by atoms with Crippen molar-refractivity contribution in [1.29, 1.82) is 0 Å². The van der Waals surface area contributed by atoms with Crippen molar-refractivity contribution in [3.8, 4) is 0 Å². The van der Waals surface area contributed by atoms with Crippen LogP contribution in [0.4, 0.5) is 17.2 Å². The molecular weight excluding hydrogens is 390 g/mol. The number of rotatable bonds is 4. The molecule has 7 nitrogen and oxygen atoms in total. The maximum absolute atomic E-state index is 12.5. The summed E-state index contributed by atoms with van der Waals surface area (Å²) in [6, 6.07) is 12.7. The zero-order valence-corrected chi connectivity index (χ0v) is 17.0. The van der Waals surface area contributed by atoms with E-state index >= 15 is 0 Å². The highest BCUT2D eigenvalue weighted by atomic mass is 35.5. The molecule has 4 rings (SSSR count). The lowest BCUT2D eigenvalue weighted by molar-refractivity contribution is 0.102. The minimum absolute atomic E-state index is 0.107. The van der Waals surface area contributed by atoms with Crippen LogP contribution in [-0.2, 0) is 5.41 Å². The zero-order chi connectivity index (χ0) is 20.6. The van der Waals surface area contributed by atoms with Gasteiger partial charge in [0.2, 0.25) is 0 Å². The van der Waals surface area contributed by atoms with Crippen LogP contribution in [0.5, 0.6) is 0 Å². The van der Waals surface area contributed by atoms with Gasteiger partial charge in [-0.3, -0.25) is 4.79 Å². The first kappa shape index (κ1) is 19.0. The Bertz CT molecular complexity index is 1170. The molecule has 0 bridgehead atoms. The minimum Gasteiger partial charge on any atom is -0.359 e. The maximum Gasteiger partial charge on any atom is 0.275 e. The lowest BCUT2D eigenvalue weighted by atomic mass is 9.93. The summed E-state index contributed by atoms with van der Waals surface area (Å²) in [5, 5.41) is 10.6. The van der Waals surface area contributed by atoms with E-state index in [-0.39, 0.29) is 11.3 Å². The second kappa shape index (κ2) is 7.25. The molecular formula is C21H20ClN5O2. The van der Waals surface area contributed by atoms with Crippen molar-refractivity contribution in [3.63, 3.8) is 0 Å². The Morgan fingerprint density at radius 1 is 1.07 bits per heavy atom. The fourth-order valence-electron chi connectivity index (χ4n) is 2.74. The van der Waals surface area contributed by atoms with Crippen molar-refractivity contribution in [3.05, 3.63) is 71.3 Å². The smallest absolute Gasteiger partial charge is 0.275 e. The van der Waals surface area contributed by atoms with Crippen LogP contribution in [-0.4, -0.2) is 20.4 Å². The average Bonchev–Trinajstić information content (AvgIpc) is 3.29. The van der Waals surface area contributed by atoms with Gasteiger partial charge >= 0.3 is 0 Å². The molecule has 0 spiro atoms. The van der Waals surface area contributed by atoms with Crippen LogP contribution in [0.1, 0.15) is 37.0 Å². The molecule has 148 valence electrons. The van der Waals surface area contributed by atoms with Crippen molar-refractivity contribution in [1.82, 2.24) is 14.5 Å². The van der Waals surface area contributed by atoms with Crippen LogP contribution in [0.2, 0.25) is 5.02 Å². The van der Waals surface area contributed by atoms with E-state index in [1.807, 2.05) is 18.2 Å². The standard InChI is InChI=1S/C21H20ClN5O2/c1-21(2,3)17-10-18(26-29-17)23-14-5-7-15(8-6-14)24-20(28)16-12-27-11-13(22)4-9-19(27)25-16/h4-12H,1-3H3,(H,23,26)(H,24,28). The first-order chi connectivity index (χ1) is 13.8. The second-order valence-corrected chi connectivity index (χ2v) is 8.16. The molecule has 0 saturated heterocycles. The van der Waals surface area contributed by atoms with Crippen molar-refractivity contribution in [2.24, 2.45) is 0 Å². The van der Waals surface area contributed by atoms with Gasteiger partial charge in [0, 0.05) is 35.2 Å². The van der Waals surface area contributed by atoms with Crippen molar-refractivity contribution in [2.75, 3.05) is 10.6 Å². The number of fused-ring (bicyclic) bond motifs is 1. The molecule has 29 heavy (non-hydrogen) atoms. The topological polar surface area (TPSA) is 84.5 Å². The Labute approximate surface area is 172 Å². The number of carbonyl (C=O) groups is 1. The van der Waals surface area contributed by atoms with Gasteiger partial charge in [0.05, 0.1) is 5.02 Å². The van der Waals surface area contributed by atoms with Gasteiger partial charge in [-0.15, -0.1) is 0 Å². The third-order valence-electron chi connectivity index (χ3n) is 4.31. The molecule has 0 radical (unpaired) electrons. The predicted octanol–water partition coefficient (Wildman–Crippen LogP) is 5.27. The summed E-state index contributed by atoms with van der Waals surface area (Å²) in [6.45, 7) is 6.19. The third-order valence-corrected chi connectivity index (χ3v) is 4.54. The van der Waals surface area contributed by atoms with Gasteiger partial charge in [-0.2, -0.15) is 0 Å². The minimum atomic E-state index is -0.295. The van der Waals surface area contributed by atoms with E-state index < -0.39 is 0 Å². The van der Waals surface area contributed by atoms with Crippen LogP contribution in [0.25, 0.3) is 5.65 Å². The molecule has 0 saturated carbocycles. The van der Waals surface area contributed by atoms with Gasteiger partial charge in [0.15, 0.2) is 5.82 Å². The lowest BCUT2D eigenvalue weighted by Crippen LogP contribution is -2.12. The number of aromatic nitrogens is 3. The molecule has 3 aromatic heterocycles. The van der Waals surface area contributed by atoms with Crippen LogP contribution < -0.4 is 10.6 Å². The highest BCUT2D eigenvalue weighted by molar-refractivity contribution is 6.30. The predicted molar refractivity (Wildman–Crippen MR) is 113 cm³/mol. The molecule has 3 heterocycles. The number of pyridine rings is 1. The summed E-state index contributed by atoms with van der Waals surface area (Å²) in [6.07, 6.45) is 3.35. The Kier molecular flexibility index (Phi) is 4.76. The number of benzene rings is 1. The summed E-state index contributed by atoms with van der Waals surface area (Å²) in [4.78, 5) is 16.8. The van der Waals surface area contributed by atoms with E-state index in [1.165, 1.54) is 0 Å². The normalized spacial score (nSPS) is 11.6. The number of carbonyl (C=O) groups excluding carboxylic acids is 1. The van der Waals surface area contributed by atoms with Crippen molar-refractivity contribution in [2.45, 2.75) is 26.2 Å². The maximum atomic E-state index is 12.5. The number of nitrogens with zero attached hydrogens (tertiary/aromatic N) is 3. The molecule has 8 heteroatoms. The van der Waals surface area contributed by atoms with Gasteiger partial charge in [0.1, 0.15) is 17.1 Å². The molecule has 0 fully saturated rings. The average molecular weight is 410 g/mol. The van der Waals surface area contributed by atoms with Gasteiger partial charge in [-0.05, 0) is 36.4 Å². The summed E-state index contributed by atoms with van der Waals surface area (Å²) < 4.78 is 7.09. The summed E-state index contributed by atoms with van der Waals surface area (Å²) >= 11 is 5.97. The SMILES string of the molecule is CC(C)(C)c1cc(Nc2ccc(NC(=O)c3cn4cc(Cl)ccc4n3)cc2)no1. The van der Waals surface area contributed by atoms with Gasteiger partial charge in [-0.25, -0.2) is 4.98 Å². The zero-order valence-electron chi connectivity index (χ0n) is 16.2. The molecule has 0 aliphatic carbocycles. The second-order valence-electron chi connectivity index (χ2n) is 7.72. The number of halogens is 1. The van der Waals surface area contributed by atoms with Crippen molar-refractivity contribution >= 4 is 40.3 Å². The lowest BCUT2D eigenvalue weighted by Gasteiger charge is -2.12. The van der Waals surface area contributed by atoms with E-state index in [0.717, 1.165) is 11.4 Å². The van der Waals surface area contributed by atoms with E-state index in [9.17, 15) is 4.79 Å². The fraction of sp³-hybridized carbons (Fsp3) is 0.190. The monoisotopic (exact) mass is 409 g/mol. The Balaban J connectivity index is 1.43. The van der Waals surface area contributed by atoms with E-state index in [2.05, 4.69) is 41.5 Å². The Morgan fingerprint density at radius 3 is 2.48 bits per heavy atom. The molecule has 0 aliphatic rings. The largest absolute Gasteiger partial charge is 0.359 e. The molecule has 0 aliphatic heterocycles. The molecule has 4 aromatic rings. The quantitative estimate of drug-likeness (QED) is 0.479. The van der Waals surface area contributed by atoms with Crippen LogP contribution >= 0.6 is 11.6 Å². The first-order valence-corrected chi connectivity index (χ1v) is 9.46. The van der Waals surface area contributed by atoms with Crippen molar-refractivity contribution < 1.29 is 9.32 Å². The number of hydrogen-bond donors (Lipinski definition) is 2. The summed E-state index contributed by atoms with van der Waals surface area (Å²) in [5.41, 5.74) is 2.35. The van der Waals surface area contributed by atoms with Gasteiger partial charge in [0.25, 0.3) is 5.91 Å². The Morgan fingerprint density at radius 2 is 1.79 bits per heavy atom. The van der Waals surface area contributed by atoms with Crippen LogP contribution in [0.3, 0.4) is 0 Å². The van der Waals surface area contributed by atoms with Gasteiger partial charge in [-0.1, -0.05) is 37.5 Å². The molecule has 0 atom stereocenters. The Hall–Kier alpha value is -3.32. The number of imidazole rings is 1. The molecule has 1 aromatic carbocycles. The van der Waals surface area contributed by atoms with E-state index in [0.29, 0.717) is 27.9 Å². The molecule has 0 unspecified atom stereocenters. The van der Waals surface area contributed by atoms with E-state index in [1.54, 1.807) is 41.1 Å². The highest BCUT2D eigenvalue weighted by Gasteiger charge is 2.19. The van der Waals surface area contributed by atoms with Gasteiger partial charge < -0.3 is 19.6 Å². The number of anilines is 3. The fourth-order valence-corrected chi connectivity index (χ4v) is 2.91. The third kappa shape index (κ3) is 4.25. The number of amides is 1. The first-order valence-electron chi connectivity index (χ1n) is 9.08.